The van der Waals surface area contributed by atoms with E-state index >= 15 is 0 Å². The third-order valence-electron chi connectivity index (χ3n) is 3.76. The van der Waals surface area contributed by atoms with Gasteiger partial charge in [-0.25, -0.2) is 0 Å². The second-order valence-corrected chi connectivity index (χ2v) is 5.83. The Kier molecular flexibility index (Phi) is 5.36. The number of para-hydroxylation sites is 1. The van der Waals surface area contributed by atoms with E-state index in [0.29, 0.717) is 16.2 Å². The van der Waals surface area contributed by atoms with Crippen LogP contribution in [0.3, 0.4) is 0 Å². The van der Waals surface area contributed by atoms with Gasteiger partial charge < -0.3 is 14.5 Å². The first kappa shape index (κ1) is 18.1. The van der Waals surface area contributed by atoms with Crippen LogP contribution >= 0.6 is 0 Å². The summed E-state index contributed by atoms with van der Waals surface area (Å²) < 4.78 is 43.9. The van der Waals surface area contributed by atoms with Crippen LogP contribution in [0.4, 0.5) is 13.2 Å². The minimum absolute atomic E-state index is 0.245. The lowest BCUT2D eigenvalue weighted by Gasteiger charge is -2.31. The number of hydrogen-bond acceptors (Lipinski definition) is 3. The van der Waals surface area contributed by atoms with Crippen LogP contribution < -0.4 is 4.74 Å². The average molecular weight is 344 g/mol. The van der Waals surface area contributed by atoms with Gasteiger partial charge in [0.15, 0.2) is 0 Å². The van der Waals surface area contributed by atoms with Gasteiger partial charge >= 0.3 is 6.18 Å². The summed E-state index contributed by atoms with van der Waals surface area (Å²) in [4.78, 5) is 26.2. The molecule has 0 bridgehead atoms. The van der Waals surface area contributed by atoms with Gasteiger partial charge in [0.2, 0.25) is 11.8 Å². The standard InChI is InChI=1S/C16H19F3N2O3/c1-20(2)14(22)9-21(10-16(17,18)19)15(23)12-7-8-24-13-6-4-3-5-11(12)13/h3-6,12H,7-10H2,1-2H3. The highest BCUT2D eigenvalue weighted by atomic mass is 19.4. The van der Waals surface area contributed by atoms with E-state index in [2.05, 4.69) is 0 Å². The summed E-state index contributed by atoms with van der Waals surface area (Å²) in [7, 11) is 2.87. The van der Waals surface area contributed by atoms with E-state index < -0.39 is 37.0 Å². The van der Waals surface area contributed by atoms with E-state index in [4.69, 9.17) is 4.74 Å². The molecule has 1 aromatic carbocycles. The first-order valence-electron chi connectivity index (χ1n) is 7.46. The Labute approximate surface area is 138 Å². The first-order chi connectivity index (χ1) is 11.2. The van der Waals surface area contributed by atoms with E-state index in [1.807, 2.05) is 0 Å². The summed E-state index contributed by atoms with van der Waals surface area (Å²) in [6, 6.07) is 6.77. The third kappa shape index (κ3) is 4.39. The number of halogens is 3. The predicted molar refractivity (Wildman–Crippen MR) is 80.6 cm³/mol. The van der Waals surface area contributed by atoms with Gasteiger partial charge in [-0.05, 0) is 12.5 Å². The highest BCUT2D eigenvalue weighted by Gasteiger charge is 2.38. The fourth-order valence-corrected chi connectivity index (χ4v) is 2.55. The molecule has 0 aromatic heterocycles. The molecule has 0 radical (unpaired) electrons. The van der Waals surface area contributed by atoms with Crippen molar-refractivity contribution in [3.8, 4) is 5.75 Å². The maximum Gasteiger partial charge on any atom is 0.406 e. The summed E-state index contributed by atoms with van der Waals surface area (Å²) in [5, 5.41) is 0. The second-order valence-electron chi connectivity index (χ2n) is 5.83. The van der Waals surface area contributed by atoms with E-state index in [1.54, 1.807) is 24.3 Å². The van der Waals surface area contributed by atoms with Crippen LogP contribution in [0.15, 0.2) is 24.3 Å². The Morgan fingerprint density at radius 3 is 2.54 bits per heavy atom. The molecule has 1 aliphatic rings. The van der Waals surface area contributed by atoms with Gasteiger partial charge in [-0.2, -0.15) is 13.2 Å². The lowest BCUT2D eigenvalue weighted by Crippen LogP contribution is -2.47. The van der Waals surface area contributed by atoms with Crippen molar-refractivity contribution < 1.29 is 27.5 Å². The molecule has 132 valence electrons. The molecule has 1 aliphatic heterocycles. The molecule has 2 rings (SSSR count). The molecule has 8 heteroatoms. The molecule has 1 unspecified atom stereocenters. The summed E-state index contributed by atoms with van der Waals surface area (Å²) in [6.45, 7) is -1.81. The number of carbonyl (C=O) groups is 2. The SMILES string of the molecule is CN(C)C(=O)CN(CC(F)(F)F)C(=O)C1CCOc2ccccc21. The average Bonchev–Trinajstić information content (AvgIpc) is 2.51. The number of fused-ring (bicyclic) bond motifs is 1. The van der Waals surface area contributed by atoms with Crippen LogP contribution in [0.1, 0.15) is 17.9 Å². The molecule has 5 nitrogen and oxygen atoms in total. The zero-order valence-electron chi connectivity index (χ0n) is 13.5. The van der Waals surface area contributed by atoms with Crippen molar-refractivity contribution in [1.82, 2.24) is 9.80 Å². The molecule has 0 spiro atoms. The van der Waals surface area contributed by atoms with E-state index in [-0.39, 0.29) is 13.0 Å². The summed E-state index contributed by atoms with van der Waals surface area (Å²) in [6.07, 6.45) is -4.30. The molecule has 1 atom stereocenters. The molecule has 0 saturated heterocycles. The van der Waals surface area contributed by atoms with Crippen molar-refractivity contribution in [2.24, 2.45) is 0 Å². The van der Waals surface area contributed by atoms with Gasteiger partial charge in [-0.3, -0.25) is 9.59 Å². The highest BCUT2D eigenvalue weighted by Crippen LogP contribution is 2.35. The highest BCUT2D eigenvalue weighted by molar-refractivity contribution is 5.89. The molecule has 24 heavy (non-hydrogen) atoms. The molecular formula is C16H19F3N2O3. The number of ether oxygens (including phenoxy) is 1. The minimum atomic E-state index is -4.58. The van der Waals surface area contributed by atoms with E-state index in [0.717, 1.165) is 4.90 Å². The van der Waals surface area contributed by atoms with Gasteiger partial charge in [-0.15, -0.1) is 0 Å². The summed E-state index contributed by atoms with van der Waals surface area (Å²) in [5.41, 5.74) is 0.554. The zero-order valence-corrected chi connectivity index (χ0v) is 13.5. The Bertz CT molecular complexity index is 617. The number of benzene rings is 1. The summed E-state index contributed by atoms with van der Waals surface area (Å²) >= 11 is 0. The molecule has 0 N–H and O–H groups in total. The number of nitrogens with zero attached hydrogens (tertiary/aromatic N) is 2. The quantitative estimate of drug-likeness (QED) is 0.840. The Morgan fingerprint density at radius 2 is 1.92 bits per heavy atom. The molecule has 2 amide bonds. The van der Waals surface area contributed by atoms with Crippen LogP contribution in [0.2, 0.25) is 0 Å². The Morgan fingerprint density at radius 1 is 1.25 bits per heavy atom. The summed E-state index contributed by atoms with van der Waals surface area (Å²) in [5.74, 6) is -1.52. The van der Waals surface area contributed by atoms with Crippen molar-refractivity contribution in [3.63, 3.8) is 0 Å². The lowest BCUT2D eigenvalue weighted by atomic mass is 9.91. The minimum Gasteiger partial charge on any atom is -0.493 e. The number of rotatable bonds is 4. The van der Waals surface area contributed by atoms with Crippen molar-refractivity contribution in [3.05, 3.63) is 29.8 Å². The predicted octanol–water partition coefficient (Wildman–Crippen LogP) is 2.03. The van der Waals surface area contributed by atoms with Gasteiger partial charge in [-0.1, -0.05) is 18.2 Å². The van der Waals surface area contributed by atoms with Crippen molar-refractivity contribution in [2.75, 3.05) is 33.8 Å². The van der Waals surface area contributed by atoms with Crippen LogP contribution in [0.25, 0.3) is 0 Å². The van der Waals surface area contributed by atoms with Gasteiger partial charge in [0.05, 0.1) is 12.5 Å². The lowest BCUT2D eigenvalue weighted by molar-refractivity contribution is -0.165. The number of alkyl halides is 3. The molecule has 1 aromatic rings. The molecule has 0 aliphatic carbocycles. The van der Waals surface area contributed by atoms with Gasteiger partial charge in [0, 0.05) is 19.7 Å². The zero-order chi connectivity index (χ0) is 17.9. The normalized spacial score (nSPS) is 16.8. The van der Waals surface area contributed by atoms with E-state index in [1.165, 1.54) is 14.1 Å². The van der Waals surface area contributed by atoms with Crippen LogP contribution in [0.5, 0.6) is 5.75 Å². The molecule has 0 fully saturated rings. The van der Waals surface area contributed by atoms with Crippen LogP contribution in [0, 0.1) is 0 Å². The maximum absolute atomic E-state index is 12.8. The van der Waals surface area contributed by atoms with Crippen LogP contribution in [-0.4, -0.2) is 61.6 Å². The van der Waals surface area contributed by atoms with E-state index in [9.17, 15) is 22.8 Å². The number of hydrogen-bond donors (Lipinski definition) is 0. The Hall–Kier alpha value is -2.25. The largest absolute Gasteiger partial charge is 0.493 e. The fraction of sp³-hybridized carbons (Fsp3) is 0.500. The smallest absolute Gasteiger partial charge is 0.406 e. The van der Waals surface area contributed by atoms with Gasteiger partial charge in [0.25, 0.3) is 0 Å². The monoisotopic (exact) mass is 344 g/mol. The molecular weight excluding hydrogens is 325 g/mol. The maximum atomic E-state index is 12.8. The van der Waals surface area contributed by atoms with Gasteiger partial charge in [0.1, 0.15) is 18.8 Å². The second kappa shape index (κ2) is 7.11. The number of likely N-dealkylation sites (N-methyl/N-ethyl adjacent to an activating group) is 1. The molecule has 0 saturated carbocycles. The Balaban J connectivity index is 2.26. The van der Waals surface area contributed by atoms with Crippen molar-refractivity contribution in [2.45, 2.75) is 18.5 Å². The van der Waals surface area contributed by atoms with Crippen molar-refractivity contribution in [1.29, 1.82) is 0 Å². The number of amides is 2. The topological polar surface area (TPSA) is 49.9 Å². The first-order valence-corrected chi connectivity index (χ1v) is 7.46. The molecule has 1 heterocycles. The number of carbonyl (C=O) groups excluding carboxylic acids is 2. The van der Waals surface area contributed by atoms with Crippen molar-refractivity contribution >= 4 is 11.8 Å². The third-order valence-corrected chi connectivity index (χ3v) is 3.76. The fourth-order valence-electron chi connectivity index (χ4n) is 2.55. The van der Waals surface area contributed by atoms with Crippen LogP contribution in [-0.2, 0) is 9.59 Å².